The molecule has 1 N–H and O–H groups in total. The Labute approximate surface area is 210 Å². The van der Waals surface area contributed by atoms with Gasteiger partial charge < -0.3 is 4.90 Å². The number of carbonyl (C=O) groups excluding carboxylic acids is 1. The largest absolute Gasteiger partial charge is 0.339 e. The average Bonchev–Trinajstić information content (AvgIpc) is 2.86. The molecule has 9 heteroatoms. The molecule has 1 saturated heterocycles. The molecule has 1 amide bonds. The Morgan fingerprint density at radius 3 is 1.97 bits per heavy atom. The summed E-state index contributed by atoms with van der Waals surface area (Å²) in [6.45, 7) is 2.02. The zero-order valence-corrected chi connectivity index (χ0v) is 20.7. The van der Waals surface area contributed by atoms with E-state index in [1.165, 1.54) is 29.3 Å². The van der Waals surface area contributed by atoms with Crippen molar-refractivity contribution in [3.63, 3.8) is 0 Å². The van der Waals surface area contributed by atoms with Crippen LogP contribution in [0.4, 0.5) is 0 Å². The van der Waals surface area contributed by atoms with Crippen LogP contribution in [0.1, 0.15) is 17.2 Å². The van der Waals surface area contributed by atoms with Crippen molar-refractivity contribution in [2.75, 3.05) is 32.7 Å². The van der Waals surface area contributed by atoms with Crippen LogP contribution in [-0.2, 0) is 14.8 Å². The molecule has 4 rings (SSSR count). The van der Waals surface area contributed by atoms with E-state index in [0.29, 0.717) is 26.2 Å². The Morgan fingerprint density at radius 2 is 1.41 bits per heavy atom. The molecule has 0 unspecified atom stereocenters. The maximum Gasteiger partial charge on any atom is 0.242 e. The number of hydrogen-bond acceptors (Lipinski definition) is 4. The molecule has 0 aliphatic carbocycles. The lowest BCUT2D eigenvalue weighted by Crippen LogP contribution is -2.52. The van der Waals surface area contributed by atoms with Crippen molar-refractivity contribution in [2.24, 2.45) is 0 Å². The van der Waals surface area contributed by atoms with Gasteiger partial charge in [0.1, 0.15) is 4.90 Å². The van der Waals surface area contributed by atoms with Crippen molar-refractivity contribution < 1.29 is 13.2 Å². The standard InChI is InChI=1S/C25H25Cl2N3O3S/c26-21-11-12-22(27)23(17-21)34(32,33)28-18-24(31)29-13-15-30(16-14-29)25(19-7-3-1-4-8-19)20-9-5-2-6-10-20/h1-12,17,25,28H,13-16,18H2. The normalized spacial score (nSPS) is 15.0. The van der Waals surface area contributed by atoms with E-state index in [1.807, 2.05) is 36.4 Å². The van der Waals surface area contributed by atoms with Gasteiger partial charge in [-0.15, -0.1) is 0 Å². The summed E-state index contributed by atoms with van der Waals surface area (Å²) in [6.07, 6.45) is 0. The number of hydrogen-bond donors (Lipinski definition) is 1. The van der Waals surface area contributed by atoms with Gasteiger partial charge in [0.25, 0.3) is 0 Å². The van der Waals surface area contributed by atoms with Gasteiger partial charge in [0.05, 0.1) is 17.6 Å². The Hall–Kier alpha value is -2.42. The van der Waals surface area contributed by atoms with E-state index in [4.69, 9.17) is 23.2 Å². The number of carbonyl (C=O) groups is 1. The predicted molar refractivity (Wildman–Crippen MR) is 135 cm³/mol. The van der Waals surface area contributed by atoms with Crippen LogP contribution < -0.4 is 4.72 Å². The second-order valence-electron chi connectivity index (χ2n) is 8.04. The second kappa shape index (κ2) is 10.9. The van der Waals surface area contributed by atoms with Crippen LogP contribution in [0, 0.1) is 0 Å². The van der Waals surface area contributed by atoms with Crippen molar-refractivity contribution in [1.82, 2.24) is 14.5 Å². The number of benzene rings is 3. The van der Waals surface area contributed by atoms with Crippen molar-refractivity contribution in [3.8, 4) is 0 Å². The van der Waals surface area contributed by atoms with Crippen LogP contribution in [0.15, 0.2) is 83.8 Å². The van der Waals surface area contributed by atoms with E-state index >= 15 is 0 Å². The third kappa shape index (κ3) is 5.79. The first-order chi connectivity index (χ1) is 16.3. The molecular weight excluding hydrogens is 493 g/mol. The van der Waals surface area contributed by atoms with Gasteiger partial charge in [-0.25, -0.2) is 13.1 Å². The minimum absolute atomic E-state index is 0.0471. The molecule has 0 spiro atoms. The van der Waals surface area contributed by atoms with E-state index in [9.17, 15) is 13.2 Å². The maximum absolute atomic E-state index is 12.8. The first kappa shape index (κ1) is 24.7. The molecule has 0 atom stereocenters. The van der Waals surface area contributed by atoms with Gasteiger partial charge in [-0.2, -0.15) is 0 Å². The maximum atomic E-state index is 12.8. The fraction of sp³-hybridized carbons (Fsp3) is 0.240. The van der Waals surface area contributed by atoms with Crippen molar-refractivity contribution >= 4 is 39.1 Å². The fourth-order valence-electron chi connectivity index (χ4n) is 4.14. The minimum Gasteiger partial charge on any atom is -0.339 e. The predicted octanol–water partition coefficient (Wildman–Crippen LogP) is 4.21. The third-order valence-corrected chi connectivity index (χ3v) is 7.98. The van der Waals surface area contributed by atoms with E-state index in [0.717, 1.165) is 0 Å². The highest BCUT2D eigenvalue weighted by molar-refractivity contribution is 7.89. The Balaban J connectivity index is 1.40. The summed E-state index contributed by atoms with van der Waals surface area (Å²) in [7, 11) is -3.97. The highest BCUT2D eigenvalue weighted by Crippen LogP contribution is 2.29. The van der Waals surface area contributed by atoms with E-state index in [-0.39, 0.29) is 33.4 Å². The summed E-state index contributed by atoms with van der Waals surface area (Å²) >= 11 is 11.9. The van der Waals surface area contributed by atoms with Crippen LogP contribution in [0.5, 0.6) is 0 Å². The lowest BCUT2D eigenvalue weighted by Gasteiger charge is -2.39. The molecule has 3 aromatic carbocycles. The van der Waals surface area contributed by atoms with Crippen molar-refractivity contribution in [3.05, 3.63) is 100 Å². The smallest absolute Gasteiger partial charge is 0.242 e. The Kier molecular flexibility index (Phi) is 7.91. The third-order valence-electron chi connectivity index (χ3n) is 5.86. The van der Waals surface area contributed by atoms with Crippen LogP contribution >= 0.6 is 23.2 Å². The zero-order valence-electron chi connectivity index (χ0n) is 18.4. The van der Waals surface area contributed by atoms with E-state index in [2.05, 4.69) is 33.9 Å². The SMILES string of the molecule is O=C(CNS(=O)(=O)c1cc(Cl)ccc1Cl)N1CCN(C(c2ccccc2)c2ccccc2)CC1. The minimum atomic E-state index is -3.97. The van der Waals surface area contributed by atoms with Crippen LogP contribution in [0.2, 0.25) is 10.0 Å². The van der Waals surface area contributed by atoms with Gasteiger partial charge in [-0.05, 0) is 29.3 Å². The molecule has 0 bridgehead atoms. The molecule has 3 aromatic rings. The summed E-state index contributed by atoms with van der Waals surface area (Å²) in [6, 6.07) is 24.9. The first-order valence-electron chi connectivity index (χ1n) is 10.9. The lowest BCUT2D eigenvalue weighted by molar-refractivity contribution is -0.131. The number of nitrogens with one attached hydrogen (secondary N) is 1. The quantitative estimate of drug-likeness (QED) is 0.509. The molecule has 0 radical (unpaired) electrons. The van der Waals surface area contributed by atoms with Gasteiger partial charge in [-0.3, -0.25) is 9.69 Å². The van der Waals surface area contributed by atoms with Crippen LogP contribution in [0.25, 0.3) is 0 Å². The highest BCUT2D eigenvalue weighted by atomic mass is 35.5. The average molecular weight is 518 g/mol. The van der Waals surface area contributed by atoms with E-state index < -0.39 is 10.0 Å². The number of piperazine rings is 1. The number of nitrogens with zero attached hydrogens (tertiary/aromatic N) is 2. The molecule has 1 heterocycles. The Morgan fingerprint density at radius 1 is 0.853 bits per heavy atom. The first-order valence-corrected chi connectivity index (χ1v) is 13.2. The van der Waals surface area contributed by atoms with Crippen LogP contribution in [0.3, 0.4) is 0 Å². The summed E-state index contributed by atoms with van der Waals surface area (Å²) in [5.74, 6) is -0.280. The summed E-state index contributed by atoms with van der Waals surface area (Å²) in [5.41, 5.74) is 2.39. The topological polar surface area (TPSA) is 69.7 Å². The highest BCUT2D eigenvalue weighted by Gasteiger charge is 2.29. The lowest BCUT2D eigenvalue weighted by atomic mass is 9.96. The monoisotopic (exact) mass is 517 g/mol. The zero-order chi connectivity index (χ0) is 24.1. The second-order valence-corrected chi connectivity index (χ2v) is 10.6. The van der Waals surface area contributed by atoms with Gasteiger partial charge in [0.15, 0.2) is 0 Å². The number of halogens is 2. The molecule has 0 aromatic heterocycles. The summed E-state index contributed by atoms with van der Waals surface area (Å²) in [5, 5.41) is 0.296. The molecule has 1 aliphatic rings. The molecule has 0 saturated carbocycles. The van der Waals surface area contributed by atoms with Crippen molar-refractivity contribution in [1.29, 1.82) is 0 Å². The van der Waals surface area contributed by atoms with Crippen LogP contribution in [-0.4, -0.2) is 56.8 Å². The number of rotatable bonds is 7. The summed E-state index contributed by atoms with van der Waals surface area (Å²) in [4.78, 5) is 16.7. The molecule has 1 aliphatic heterocycles. The molecule has 6 nitrogen and oxygen atoms in total. The molecule has 178 valence electrons. The molecular formula is C25H25Cl2N3O3S. The Bertz CT molecular complexity index is 1190. The van der Waals surface area contributed by atoms with Gasteiger partial charge in [-0.1, -0.05) is 83.9 Å². The molecule has 34 heavy (non-hydrogen) atoms. The van der Waals surface area contributed by atoms with E-state index in [1.54, 1.807) is 4.90 Å². The van der Waals surface area contributed by atoms with Gasteiger partial charge >= 0.3 is 0 Å². The number of sulfonamides is 1. The van der Waals surface area contributed by atoms with Crippen molar-refractivity contribution in [2.45, 2.75) is 10.9 Å². The number of amides is 1. The summed E-state index contributed by atoms with van der Waals surface area (Å²) < 4.78 is 27.6. The van der Waals surface area contributed by atoms with Gasteiger partial charge in [0, 0.05) is 31.2 Å². The van der Waals surface area contributed by atoms with Gasteiger partial charge in [0.2, 0.25) is 15.9 Å². The molecule has 1 fully saturated rings. The fourth-order valence-corrected chi connectivity index (χ4v) is 5.88.